The summed E-state index contributed by atoms with van der Waals surface area (Å²) in [6, 6.07) is 18.0. The Morgan fingerprint density at radius 3 is 2.43 bits per heavy atom. The first-order valence-corrected chi connectivity index (χ1v) is 11.9. The molecule has 0 aliphatic carbocycles. The van der Waals surface area contributed by atoms with E-state index < -0.39 is 23.2 Å². The summed E-state index contributed by atoms with van der Waals surface area (Å²) in [7, 11) is 0. The van der Waals surface area contributed by atoms with Gasteiger partial charge in [0.25, 0.3) is 5.91 Å². The Morgan fingerprint density at radius 2 is 1.71 bits per heavy atom. The molecule has 1 aliphatic rings. The topological polar surface area (TPSA) is 59.8 Å². The van der Waals surface area contributed by atoms with Gasteiger partial charge < -0.3 is 9.15 Å². The average molecular weight is 472 g/mol. The molecular weight excluding hydrogens is 445 g/mol. The molecule has 35 heavy (non-hydrogen) atoms. The van der Waals surface area contributed by atoms with Crippen molar-refractivity contribution in [1.82, 2.24) is 0 Å². The lowest BCUT2D eigenvalue weighted by atomic mass is 9.98. The lowest BCUT2D eigenvalue weighted by Crippen LogP contribution is -2.29. The monoisotopic (exact) mass is 471 g/mol. The number of aryl methyl sites for hydroxylation is 1. The number of benzene rings is 3. The van der Waals surface area contributed by atoms with Gasteiger partial charge in [-0.2, -0.15) is 0 Å². The highest BCUT2D eigenvalue weighted by molar-refractivity contribution is 6.10. The number of ether oxygens (including phenoxy) is 1. The van der Waals surface area contributed by atoms with Gasteiger partial charge in [0.05, 0.1) is 23.6 Å². The number of carbonyl (C=O) groups is 1. The van der Waals surface area contributed by atoms with Crippen molar-refractivity contribution in [1.29, 1.82) is 0 Å². The maximum Gasteiger partial charge on any atom is 0.295 e. The Labute approximate surface area is 202 Å². The number of nitrogens with zero attached hydrogens (tertiary/aromatic N) is 1. The number of rotatable bonds is 7. The predicted molar refractivity (Wildman–Crippen MR) is 134 cm³/mol. The van der Waals surface area contributed by atoms with Gasteiger partial charge in [-0.05, 0) is 61.4 Å². The van der Waals surface area contributed by atoms with Crippen LogP contribution in [0.2, 0.25) is 0 Å². The first-order valence-electron chi connectivity index (χ1n) is 11.9. The van der Waals surface area contributed by atoms with Gasteiger partial charge in [-0.25, -0.2) is 4.39 Å². The quantitative estimate of drug-likeness (QED) is 0.287. The van der Waals surface area contributed by atoms with E-state index in [2.05, 4.69) is 6.92 Å². The minimum absolute atomic E-state index is 0.0143. The van der Waals surface area contributed by atoms with E-state index in [1.807, 2.05) is 55.5 Å². The van der Waals surface area contributed by atoms with Gasteiger partial charge in [0.1, 0.15) is 17.1 Å². The van der Waals surface area contributed by atoms with Crippen LogP contribution >= 0.6 is 0 Å². The van der Waals surface area contributed by atoms with Crippen LogP contribution in [0.4, 0.5) is 10.1 Å². The zero-order valence-corrected chi connectivity index (χ0v) is 19.7. The Kier molecular flexibility index (Phi) is 6.12. The molecule has 5 rings (SSSR count). The first kappa shape index (κ1) is 22.8. The van der Waals surface area contributed by atoms with Crippen LogP contribution in [0.1, 0.15) is 59.5 Å². The molecule has 1 amide bonds. The SMILES string of the molecule is CCCCCOc1ccc(C2c3c(oc4ccc(F)cc4c3=O)C(=O)N2c2ccc(C)cc2)cc1. The summed E-state index contributed by atoms with van der Waals surface area (Å²) in [6.45, 7) is 4.74. The molecule has 0 bridgehead atoms. The van der Waals surface area contributed by atoms with Crippen LogP contribution in [-0.4, -0.2) is 12.5 Å². The maximum atomic E-state index is 14.0. The van der Waals surface area contributed by atoms with E-state index in [-0.39, 0.29) is 22.3 Å². The van der Waals surface area contributed by atoms with E-state index in [4.69, 9.17) is 9.15 Å². The third-order valence-corrected chi connectivity index (χ3v) is 6.36. The molecule has 178 valence electrons. The zero-order valence-electron chi connectivity index (χ0n) is 19.7. The van der Waals surface area contributed by atoms with Gasteiger partial charge >= 0.3 is 0 Å². The van der Waals surface area contributed by atoms with E-state index in [0.29, 0.717) is 12.3 Å². The molecule has 0 saturated heterocycles. The molecule has 0 radical (unpaired) electrons. The Morgan fingerprint density at radius 1 is 0.971 bits per heavy atom. The number of unbranched alkanes of at least 4 members (excludes halogenated alkanes) is 2. The molecule has 1 unspecified atom stereocenters. The predicted octanol–water partition coefficient (Wildman–Crippen LogP) is 6.56. The third-order valence-electron chi connectivity index (χ3n) is 6.36. The summed E-state index contributed by atoms with van der Waals surface area (Å²) >= 11 is 0. The standard InChI is InChI=1S/C29H26FNO4/c1-3-4-5-16-34-22-13-8-19(9-14-22)26-25-27(32)23-17-20(30)10-15-24(23)35-28(25)29(33)31(26)21-11-6-18(2)7-12-21/h6-15,17,26H,3-5,16H2,1-2H3. The van der Waals surface area contributed by atoms with Gasteiger partial charge in [-0.3, -0.25) is 14.5 Å². The number of halogens is 1. The van der Waals surface area contributed by atoms with Crippen molar-refractivity contribution in [3.8, 4) is 5.75 Å². The molecule has 2 heterocycles. The summed E-state index contributed by atoms with van der Waals surface area (Å²) in [5, 5.41) is 0.114. The Hall–Kier alpha value is -3.93. The molecule has 4 aromatic rings. The number of anilines is 1. The average Bonchev–Trinajstić information content (AvgIpc) is 3.16. The smallest absolute Gasteiger partial charge is 0.295 e. The second-order valence-electron chi connectivity index (χ2n) is 8.85. The fraction of sp³-hybridized carbons (Fsp3) is 0.241. The molecule has 5 nitrogen and oxygen atoms in total. The van der Waals surface area contributed by atoms with Crippen molar-refractivity contribution >= 4 is 22.6 Å². The molecule has 1 atom stereocenters. The highest BCUT2D eigenvalue weighted by Crippen LogP contribution is 2.41. The highest BCUT2D eigenvalue weighted by atomic mass is 19.1. The second kappa shape index (κ2) is 9.37. The zero-order chi connectivity index (χ0) is 24.5. The molecule has 0 fully saturated rings. The molecule has 0 spiro atoms. The van der Waals surface area contributed by atoms with Crippen LogP contribution in [0.15, 0.2) is 75.9 Å². The Balaban J connectivity index is 1.62. The van der Waals surface area contributed by atoms with E-state index in [1.54, 1.807) is 4.90 Å². The van der Waals surface area contributed by atoms with Crippen LogP contribution in [0.3, 0.4) is 0 Å². The highest BCUT2D eigenvalue weighted by Gasteiger charge is 2.43. The number of fused-ring (bicyclic) bond motifs is 2. The van der Waals surface area contributed by atoms with Crippen molar-refractivity contribution in [2.24, 2.45) is 0 Å². The van der Waals surface area contributed by atoms with Gasteiger partial charge in [0.15, 0.2) is 5.43 Å². The fourth-order valence-electron chi connectivity index (χ4n) is 4.52. The van der Waals surface area contributed by atoms with Crippen molar-refractivity contribution in [2.75, 3.05) is 11.5 Å². The molecule has 1 aliphatic heterocycles. The van der Waals surface area contributed by atoms with Crippen LogP contribution in [0, 0.1) is 12.7 Å². The van der Waals surface area contributed by atoms with Crippen molar-refractivity contribution in [3.63, 3.8) is 0 Å². The maximum absolute atomic E-state index is 14.0. The largest absolute Gasteiger partial charge is 0.494 e. The number of hydrogen-bond acceptors (Lipinski definition) is 4. The van der Waals surface area contributed by atoms with E-state index >= 15 is 0 Å². The molecule has 6 heteroatoms. The summed E-state index contributed by atoms with van der Waals surface area (Å²) < 4.78 is 25.7. The summed E-state index contributed by atoms with van der Waals surface area (Å²) in [4.78, 5) is 28.7. The lowest BCUT2D eigenvalue weighted by molar-refractivity contribution is 0.0971. The third kappa shape index (κ3) is 4.20. The number of hydrogen-bond donors (Lipinski definition) is 0. The van der Waals surface area contributed by atoms with Gasteiger partial charge in [-0.1, -0.05) is 49.6 Å². The van der Waals surface area contributed by atoms with E-state index in [1.165, 1.54) is 12.1 Å². The van der Waals surface area contributed by atoms with Crippen LogP contribution in [0.5, 0.6) is 5.75 Å². The summed E-state index contributed by atoms with van der Waals surface area (Å²) in [5.74, 6) is -0.230. The minimum atomic E-state index is -0.710. The minimum Gasteiger partial charge on any atom is -0.494 e. The van der Waals surface area contributed by atoms with Crippen molar-refractivity contribution < 1.29 is 18.3 Å². The molecular formula is C29H26FNO4. The number of carbonyl (C=O) groups excluding carboxylic acids is 1. The van der Waals surface area contributed by atoms with Gasteiger partial charge in [0.2, 0.25) is 5.76 Å². The Bertz CT molecular complexity index is 1440. The van der Waals surface area contributed by atoms with Gasteiger partial charge in [0, 0.05) is 5.69 Å². The molecule has 0 N–H and O–H groups in total. The van der Waals surface area contributed by atoms with Crippen molar-refractivity contribution in [3.05, 3.63) is 105 Å². The normalized spacial score (nSPS) is 15.0. The van der Waals surface area contributed by atoms with E-state index in [0.717, 1.165) is 42.2 Å². The molecule has 1 aromatic heterocycles. The number of amides is 1. The van der Waals surface area contributed by atoms with Crippen LogP contribution in [-0.2, 0) is 0 Å². The fourth-order valence-corrected chi connectivity index (χ4v) is 4.52. The second-order valence-corrected chi connectivity index (χ2v) is 8.85. The summed E-state index contributed by atoms with van der Waals surface area (Å²) in [6.07, 6.45) is 3.21. The molecule has 3 aromatic carbocycles. The van der Waals surface area contributed by atoms with Crippen molar-refractivity contribution in [2.45, 2.75) is 39.2 Å². The van der Waals surface area contributed by atoms with Crippen LogP contribution in [0.25, 0.3) is 11.0 Å². The van der Waals surface area contributed by atoms with E-state index in [9.17, 15) is 14.0 Å². The molecule has 0 saturated carbocycles. The van der Waals surface area contributed by atoms with Gasteiger partial charge in [-0.15, -0.1) is 0 Å². The summed E-state index contributed by atoms with van der Waals surface area (Å²) in [5.41, 5.74) is 2.42. The first-order chi connectivity index (χ1) is 17.0. The lowest BCUT2D eigenvalue weighted by Gasteiger charge is -2.25. The van der Waals surface area contributed by atoms with Crippen LogP contribution < -0.4 is 15.1 Å².